The van der Waals surface area contributed by atoms with Crippen molar-refractivity contribution in [2.45, 2.75) is 40.5 Å². The van der Waals surface area contributed by atoms with Crippen molar-refractivity contribution in [3.63, 3.8) is 0 Å². The second-order valence-electron chi connectivity index (χ2n) is 12.0. The van der Waals surface area contributed by atoms with Crippen LogP contribution in [0.25, 0.3) is 22.5 Å². The molecule has 0 saturated heterocycles. The summed E-state index contributed by atoms with van der Waals surface area (Å²) in [5.41, 5.74) is 12.1. The summed E-state index contributed by atoms with van der Waals surface area (Å²) >= 11 is 0. The van der Waals surface area contributed by atoms with Gasteiger partial charge in [0.05, 0.1) is 0 Å². The largest absolute Gasteiger partial charge is 0.503 e. The average Bonchev–Trinajstić information content (AvgIpc) is 3.06. The first-order valence-corrected chi connectivity index (χ1v) is 15.4. The Labute approximate surface area is 285 Å². The van der Waals surface area contributed by atoms with E-state index in [0.717, 1.165) is 61.9 Å². The van der Waals surface area contributed by atoms with Crippen molar-refractivity contribution in [1.82, 2.24) is 9.97 Å². The Hall–Kier alpha value is -4.51. The molecule has 2 aromatic heterocycles. The predicted molar refractivity (Wildman–Crippen MR) is 183 cm³/mol. The van der Waals surface area contributed by atoms with Crippen molar-refractivity contribution in [2.75, 3.05) is 0 Å². The van der Waals surface area contributed by atoms with Gasteiger partial charge in [0.25, 0.3) is 0 Å². The number of fused-ring (bicyclic) bond motifs is 4. The summed E-state index contributed by atoms with van der Waals surface area (Å²) in [6.07, 6.45) is 3.78. The van der Waals surface area contributed by atoms with Gasteiger partial charge in [0, 0.05) is 44.0 Å². The molecule has 0 saturated carbocycles. The van der Waals surface area contributed by atoms with Gasteiger partial charge in [-0.15, -0.1) is 47.5 Å². The molecule has 2 aliphatic rings. The van der Waals surface area contributed by atoms with E-state index < -0.39 is 0 Å². The SMILES string of the molecule is CC(C)c1ccnc(-c2[c-]cc3c4c2Oc2ccccc2B4c2ccccc2O3)c1.Cc1c[c-]c(-c2cc(C)c(C)cn2)cc1.[Ir]. The number of ether oxygens (including phenoxy) is 2. The van der Waals surface area contributed by atoms with Crippen molar-refractivity contribution in [1.29, 1.82) is 0 Å². The zero-order valence-electron chi connectivity index (χ0n) is 26.5. The molecule has 4 heterocycles. The first kappa shape index (κ1) is 31.5. The minimum atomic E-state index is 0. The molecule has 6 heteroatoms. The molecule has 0 amide bonds. The van der Waals surface area contributed by atoms with Crippen LogP contribution in [0.2, 0.25) is 0 Å². The second-order valence-corrected chi connectivity index (χ2v) is 12.0. The molecule has 2 aliphatic heterocycles. The molecular weight excluding hydrogens is 743 g/mol. The Balaban J connectivity index is 0.000000197. The summed E-state index contributed by atoms with van der Waals surface area (Å²) in [5.74, 6) is 3.77. The normalized spacial score (nSPS) is 11.9. The molecule has 0 aliphatic carbocycles. The van der Waals surface area contributed by atoms with Crippen LogP contribution in [0.15, 0.2) is 103 Å². The van der Waals surface area contributed by atoms with Crippen LogP contribution in [0.1, 0.15) is 42.0 Å². The second kappa shape index (κ2) is 13.1. The van der Waals surface area contributed by atoms with Gasteiger partial charge in [-0.3, -0.25) is 0 Å². The fraction of sp³-hybridized carbons (Fsp3) is 0.150. The zero-order valence-corrected chi connectivity index (χ0v) is 28.9. The van der Waals surface area contributed by atoms with E-state index in [0.29, 0.717) is 5.92 Å². The minimum absolute atomic E-state index is 0. The summed E-state index contributed by atoms with van der Waals surface area (Å²) in [5, 5.41) is 0. The van der Waals surface area contributed by atoms with Crippen LogP contribution in [0.3, 0.4) is 0 Å². The molecule has 0 spiro atoms. The van der Waals surface area contributed by atoms with Crippen LogP contribution in [0.5, 0.6) is 23.0 Å². The molecule has 0 unspecified atom stereocenters. The molecule has 4 nitrogen and oxygen atoms in total. The summed E-state index contributed by atoms with van der Waals surface area (Å²) in [7, 11) is 0. The number of nitrogens with zero attached hydrogens (tertiary/aromatic N) is 2. The van der Waals surface area contributed by atoms with Gasteiger partial charge in [-0.05, 0) is 65.8 Å². The van der Waals surface area contributed by atoms with Crippen LogP contribution in [0, 0.1) is 32.9 Å². The third-order valence-electron chi connectivity index (χ3n) is 8.59. The maximum atomic E-state index is 6.47. The number of aryl methyl sites for hydroxylation is 3. The van der Waals surface area contributed by atoms with E-state index in [9.17, 15) is 0 Å². The van der Waals surface area contributed by atoms with E-state index in [1.54, 1.807) is 0 Å². The molecule has 4 aromatic carbocycles. The molecule has 46 heavy (non-hydrogen) atoms. The molecule has 0 atom stereocenters. The fourth-order valence-electron chi connectivity index (χ4n) is 5.89. The van der Waals surface area contributed by atoms with Crippen LogP contribution in [0.4, 0.5) is 0 Å². The molecule has 229 valence electrons. The number of para-hydroxylation sites is 2. The fourth-order valence-corrected chi connectivity index (χ4v) is 5.89. The minimum Gasteiger partial charge on any atom is -0.503 e. The van der Waals surface area contributed by atoms with Gasteiger partial charge >= 0.3 is 0 Å². The van der Waals surface area contributed by atoms with Crippen molar-refractivity contribution < 1.29 is 29.6 Å². The van der Waals surface area contributed by atoms with Crippen LogP contribution >= 0.6 is 0 Å². The van der Waals surface area contributed by atoms with Crippen LogP contribution in [-0.2, 0) is 20.1 Å². The molecule has 6 aromatic rings. The topological polar surface area (TPSA) is 44.2 Å². The Morgan fingerprint density at radius 1 is 0.696 bits per heavy atom. The standard InChI is InChI=1S/C26H19BNO2.C14H14N.Ir/c1-16(2)17-13-14-28-21(15-17)18-11-12-24-25-26(18)30-23-10-6-4-8-20(23)27(25)19-7-3-5-9-22(19)29-24;1-10-4-6-13(7-5-10)14-8-11(2)12(3)9-15-14;/h3-10,12-16H,1-2H3;4-6,8-9H,1-3H3;/q2*-1;. The van der Waals surface area contributed by atoms with E-state index in [1.165, 1.54) is 22.3 Å². The molecule has 8 rings (SSSR count). The van der Waals surface area contributed by atoms with Crippen molar-refractivity contribution in [2.24, 2.45) is 0 Å². The smallest absolute Gasteiger partial charge is 0.239 e. The Morgan fingerprint density at radius 2 is 1.41 bits per heavy atom. The molecule has 1 radical (unpaired) electrons. The van der Waals surface area contributed by atoms with Gasteiger partial charge in [0.15, 0.2) is 0 Å². The number of aromatic nitrogens is 2. The number of benzene rings is 4. The first-order valence-electron chi connectivity index (χ1n) is 15.4. The maximum absolute atomic E-state index is 6.47. The number of hydrogen-bond donors (Lipinski definition) is 0. The van der Waals surface area contributed by atoms with Gasteiger partial charge < -0.3 is 19.4 Å². The first-order chi connectivity index (χ1) is 21.9. The van der Waals surface area contributed by atoms with E-state index in [2.05, 4.69) is 111 Å². The maximum Gasteiger partial charge on any atom is 0.239 e. The summed E-state index contributed by atoms with van der Waals surface area (Å²) < 4.78 is 12.7. The average molecular weight is 777 g/mol. The summed E-state index contributed by atoms with van der Waals surface area (Å²) in [6, 6.07) is 37.5. The zero-order chi connectivity index (χ0) is 31.1. The predicted octanol–water partition coefficient (Wildman–Crippen LogP) is 7.87. The van der Waals surface area contributed by atoms with E-state index >= 15 is 0 Å². The van der Waals surface area contributed by atoms with Gasteiger partial charge in [0.2, 0.25) is 6.71 Å². The molecule has 0 bridgehead atoms. The Morgan fingerprint density at radius 3 is 2.09 bits per heavy atom. The number of pyridine rings is 2. The number of rotatable bonds is 3. The van der Waals surface area contributed by atoms with E-state index in [1.807, 2.05) is 48.8 Å². The third-order valence-corrected chi connectivity index (χ3v) is 8.59. The van der Waals surface area contributed by atoms with Crippen LogP contribution < -0.4 is 25.9 Å². The summed E-state index contributed by atoms with van der Waals surface area (Å²) in [4.78, 5) is 9.05. The van der Waals surface area contributed by atoms with Gasteiger partial charge in [-0.1, -0.05) is 91.5 Å². The molecule has 0 fully saturated rings. The van der Waals surface area contributed by atoms with E-state index in [-0.39, 0.29) is 26.8 Å². The monoisotopic (exact) mass is 777 g/mol. The Bertz CT molecular complexity index is 2030. The van der Waals surface area contributed by atoms with E-state index in [4.69, 9.17) is 9.47 Å². The van der Waals surface area contributed by atoms with Gasteiger partial charge in [-0.25, -0.2) is 0 Å². The van der Waals surface area contributed by atoms with Gasteiger partial charge in [0.1, 0.15) is 11.5 Å². The molecular formula is C40H33BIrN2O2-2. The van der Waals surface area contributed by atoms with Crippen molar-refractivity contribution in [3.05, 3.63) is 138 Å². The van der Waals surface area contributed by atoms with Crippen molar-refractivity contribution >= 4 is 23.1 Å². The van der Waals surface area contributed by atoms with Gasteiger partial charge in [-0.2, -0.15) is 0 Å². The third kappa shape index (κ3) is 5.91. The summed E-state index contributed by atoms with van der Waals surface area (Å²) in [6.45, 7) is 10.7. The molecule has 0 N–H and O–H groups in total. The quantitative estimate of drug-likeness (QED) is 0.136. The number of hydrogen-bond acceptors (Lipinski definition) is 4. The van der Waals surface area contributed by atoms with Crippen molar-refractivity contribution in [3.8, 4) is 45.5 Å². The van der Waals surface area contributed by atoms with Crippen LogP contribution in [-0.4, -0.2) is 16.7 Å². The Kier molecular flexibility index (Phi) is 8.95.